The third-order valence-corrected chi connectivity index (χ3v) is 2.69. The summed E-state index contributed by atoms with van der Waals surface area (Å²) in [6.45, 7) is 11.1. The monoisotopic (exact) mass is 180 g/mol. The van der Waals surface area contributed by atoms with Gasteiger partial charge in [0, 0.05) is 0 Å². The van der Waals surface area contributed by atoms with Crippen molar-refractivity contribution in [3.05, 3.63) is 23.7 Å². The summed E-state index contributed by atoms with van der Waals surface area (Å²) in [5.41, 5.74) is 1.38. The van der Waals surface area contributed by atoms with Crippen molar-refractivity contribution >= 4 is 0 Å². The van der Waals surface area contributed by atoms with Gasteiger partial charge in [-0.05, 0) is 36.3 Å². The second-order valence-corrected chi connectivity index (χ2v) is 4.45. The van der Waals surface area contributed by atoms with Crippen molar-refractivity contribution in [1.29, 1.82) is 0 Å². The molecule has 74 valence electrons. The Hall–Kier alpha value is -0.720. The minimum Gasteiger partial charge on any atom is -0.469 e. The van der Waals surface area contributed by atoms with Gasteiger partial charge in [-0.2, -0.15) is 0 Å². The fraction of sp³-hybridized carbons (Fsp3) is 0.667. The molecule has 0 atom stereocenters. The minimum absolute atomic E-state index is 0.624. The molecule has 13 heavy (non-hydrogen) atoms. The molecule has 0 unspecified atom stereocenters. The third-order valence-electron chi connectivity index (χ3n) is 2.69. The molecule has 1 aromatic rings. The van der Waals surface area contributed by atoms with Crippen LogP contribution in [0.5, 0.6) is 0 Å². The highest BCUT2D eigenvalue weighted by molar-refractivity contribution is 5.22. The Bertz CT molecular complexity index is 250. The summed E-state index contributed by atoms with van der Waals surface area (Å²) in [5, 5.41) is 0. The van der Waals surface area contributed by atoms with Gasteiger partial charge in [0.2, 0.25) is 0 Å². The van der Waals surface area contributed by atoms with Crippen LogP contribution in [0.3, 0.4) is 0 Å². The summed E-state index contributed by atoms with van der Waals surface area (Å²) < 4.78 is 5.35. The van der Waals surface area contributed by atoms with Crippen LogP contribution in [0.15, 0.2) is 16.7 Å². The fourth-order valence-electron chi connectivity index (χ4n) is 2.23. The molecule has 0 aliphatic heterocycles. The van der Waals surface area contributed by atoms with E-state index in [0.717, 1.165) is 5.76 Å². The maximum Gasteiger partial charge on any atom is 0.104 e. The topological polar surface area (TPSA) is 13.1 Å². The van der Waals surface area contributed by atoms with Crippen molar-refractivity contribution in [1.82, 2.24) is 0 Å². The zero-order chi connectivity index (χ0) is 10.0. The van der Waals surface area contributed by atoms with Crippen molar-refractivity contribution in [3.8, 4) is 0 Å². The van der Waals surface area contributed by atoms with Crippen LogP contribution in [-0.2, 0) is 0 Å². The van der Waals surface area contributed by atoms with E-state index >= 15 is 0 Å². The largest absolute Gasteiger partial charge is 0.469 e. The second kappa shape index (κ2) is 3.99. The molecular formula is C12H20O. The number of aryl methyl sites for hydroxylation is 1. The Labute approximate surface area is 81.1 Å². The molecule has 0 aromatic carbocycles. The van der Waals surface area contributed by atoms with Crippen LogP contribution in [0.1, 0.15) is 44.9 Å². The zero-order valence-corrected chi connectivity index (χ0v) is 9.29. The molecule has 0 saturated heterocycles. The van der Waals surface area contributed by atoms with Gasteiger partial charge >= 0.3 is 0 Å². The Balaban J connectivity index is 2.95. The predicted molar refractivity (Wildman–Crippen MR) is 55.9 cm³/mol. The van der Waals surface area contributed by atoms with Crippen LogP contribution in [0.25, 0.3) is 0 Å². The lowest BCUT2D eigenvalue weighted by Crippen LogP contribution is -2.13. The van der Waals surface area contributed by atoms with Gasteiger partial charge < -0.3 is 4.42 Å². The van der Waals surface area contributed by atoms with Gasteiger partial charge in [0.25, 0.3) is 0 Å². The minimum atomic E-state index is 0.624. The summed E-state index contributed by atoms with van der Waals surface area (Å²) in [4.78, 5) is 0. The van der Waals surface area contributed by atoms with Crippen LogP contribution < -0.4 is 0 Å². The summed E-state index contributed by atoms with van der Waals surface area (Å²) >= 11 is 0. The maximum absolute atomic E-state index is 5.35. The van der Waals surface area contributed by atoms with E-state index in [2.05, 4.69) is 33.8 Å². The highest BCUT2D eigenvalue weighted by Gasteiger charge is 2.22. The third kappa shape index (κ3) is 2.15. The molecule has 0 aliphatic carbocycles. The lowest BCUT2D eigenvalue weighted by molar-refractivity contribution is 0.380. The SMILES string of the molecule is Cc1occc1C(C(C)C)C(C)C. The molecule has 0 bridgehead atoms. The van der Waals surface area contributed by atoms with E-state index in [1.165, 1.54) is 5.56 Å². The number of hydrogen-bond acceptors (Lipinski definition) is 1. The van der Waals surface area contributed by atoms with Crippen LogP contribution in [0, 0.1) is 18.8 Å². The normalized spacial score (nSPS) is 12.0. The number of hydrogen-bond donors (Lipinski definition) is 0. The quantitative estimate of drug-likeness (QED) is 0.685. The van der Waals surface area contributed by atoms with Gasteiger partial charge in [-0.15, -0.1) is 0 Å². The van der Waals surface area contributed by atoms with E-state index in [1.54, 1.807) is 6.26 Å². The molecule has 0 radical (unpaired) electrons. The molecule has 0 aliphatic rings. The average molecular weight is 180 g/mol. The molecule has 1 heterocycles. The number of furan rings is 1. The molecule has 0 spiro atoms. The van der Waals surface area contributed by atoms with Gasteiger partial charge in [0.05, 0.1) is 6.26 Å². The van der Waals surface area contributed by atoms with Gasteiger partial charge in [-0.25, -0.2) is 0 Å². The molecule has 0 fully saturated rings. The predicted octanol–water partition coefficient (Wildman–Crippen LogP) is 3.98. The van der Waals surface area contributed by atoms with Gasteiger partial charge in [0.15, 0.2) is 0 Å². The van der Waals surface area contributed by atoms with Crippen molar-refractivity contribution < 1.29 is 4.42 Å². The first-order chi connectivity index (χ1) is 6.04. The van der Waals surface area contributed by atoms with Crippen LogP contribution >= 0.6 is 0 Å². The first kappa shape index (κ1) is 10.4. The smallest absolute Gasteiger partial charge is 0.104 e. The van der Waals surface area contributed by atoms with Crippen LogP contribution in [-0.4, -0.2) is 0 Å². The lowest BCUT2D eigenvalue weighted by Gasteiger charge is -2.24. The van der Waals surface area contributed by atoms with Gasteiger partial charge in [0.1, 0.15) is 5.76 Å². The fourth-order valence-corrected chi connectivity index (χ4v) is 2.23. The standard InChI is InChI=1S/C12H20O/c1-8(2)12(9(3)4)11-6-7-13-10(11)5/h6-9,12H,1-5H3. The van der Waals surface area contributed by atoms with Crippen LogP contribution in [0.2, 0.25) is 0 Å². The van der Waals surface area contributed by atoms with E-state index in [9.17, 15) is 0 Å². The maximum atomic E-state index is 5.35. The molecule has 0 N–H and O–H groups in total. The van der Waals surface area contributed by atoms with Crippen LogP contribution in [0.4, 0.5) is 0 Å². The molecule has 1 heteroatoms. The molecule has 1 rings (SSSR count). The summed E-state index contributed by atoms with van der Waals surface area (Å²) in [7, 11) is 0. The van der Waals surface area contributed by atoms with E-state index in [1.807, 2.05) is 6.92 Å². The van der Waals surface area contributed by atoms with Crippen molar-refractivity contribution in [3.63, 3.8) is 0 Å². The van der Waals surface area contributed by atoms with Crippen molar-refractivity contribution in [2.24, 2.45) is 11.8 Å². The zero-order valence-electron chi connectivity index (χ0n) is 9.29. The highest BCUT2D eigenvalue weighted by Crippen LogP contribution is 2.33. The van der Waals surface area contributed by atoms with E-state index < -0.39 is 0 Å². The average Bonchev–Trinajstić information content (AvgIpc) is 2.35. The lowest BCUT2D eigenvalue weighted by atomic mass is 9.80. The Morgan fingerprint density at radius 3 is 1.92 bits per heavy atom. The second-order valence-electron chi connectivity index (χ2n) is 4.45. The molecule has 1 nitrogen and oxygen atoms in total. The van der Waals surface area contributed by atoms with Gasteiger partial charge in [-0.3, -0.25) is 0 Å². The van der Waals surface area contributed by atoms with E-state index in [-0.39, 0.29) is 0 Å². The molecule has 1 aromatic heterocycles. The Kier molecular flexibility index (Phi) is 3.18. The van der Waals surface area contributed by atoms with Gasteiger partial charge in [-0.1, -0.05) is 27.7 Å². The van der Waals surface area contributed by atoms with E-state index in [4.69, 9.17) is 4.42 Å². The highest BCUT2D eigenvalue weighted by atomic mass is 16.3. The Morgan fingerprint density at radius 1 is 1.08 bits per heavy atom. The summed E-state index contributed by atoms with van der Waals surface area (Å²) in [5.74, 6) is 3.05. The molecule has 0 amide bonds. The molecular weight excluding hydrogens is 160 g/mol. The first-order valence-corrected chi connectivity index (χ1v) is 5.08. The summed E-state index contributed by atoms with van der Waals surface area (Å²) in [6, 6.07) is 2.11. The molecule has 0 saturated carbocycles. The Morgan fingerprint density at radius 2 is 1.62 bits per heavy atom. The van der Waals surface area contributed by atoms with E-state index in [0.29, 0.717) is 17.8 Å². The van der Waals surface area contributed by atoms with Crippen molar-refractivity contribution in [2.75, 3.05) is 0 Å². The first-order valence-electron chi connectivity index (χ1n) is 5.08. The number of rotatable bonds is 3. The van der Waals surface area contributed by atoms with Crippen molar-refractivity contribution in [2.45, 2.75) is 40.5 Å². The summed E-state index contributed by atoms with van der Waals surface area (Å²) in [6.07, 6.45) is 1.79.